The van der Waals surface area contributed by atoms with Crippen LogP contribution in [0.5, 0.6) is 0 Å². The van der Waals surface area contributed by atoms with Crippen LogP contribution in [0.15, 0.2) is 53.4 Å². The highest BCUT2D eigenvalue weighted by molar-refractivity contribution is 7.13. The highest BCUT2D eigenvalue weighted by atomic mass is 32.1. The fraction of sp³-hybridized carbons (Fsp3) is 0.286. The molecule has 5 rings (SSSR count). The molecule has 142 valence electrons. The Hall–Kier alpha value is -2.51. The van der Waals surface area contributed by atoms with E-state index in [0.717, 1.165) is 41.3 Å². The molecule has 1 atom stereocenters. The second-order valence-corrected chi connectivity index (χ2v) is 9.08. The Balaban J connectivity index is 1.35. The summed E-state index contributed by atoms with van der Waals surface area (Å²) in [5, 5.41) is 8.85. The number of hydrogen-bond donors (Lipinski definition) is 0. The number of likely N-dealkylation sites (tertiary alicyclic amines) is 1. The van der Waals surface area contributed by atoms with Crippen molar-refractivity contribution in [2.24, 2.45) is 0 Å². The molecular weight excluding hydrogens is 388 g/mol. The molecule has 0 spiro atoms. The second kappa shape index (κ2) is 7.48. The van der Waals surface area contributed by atoms with Crippen LogP contribution in [0.1, 0.15) is 29.5 Å². The first-order chi connectivity index (χ1) is 13.8. The fourth-order valence-corrected chi connectivity index (χ4v) is 5.16. The highest BCUT2D eigenvalue weighted by Gasteiger charge is 2.27. The van der Waals surface area contributed by atoms with Crippen molar-refractivity contribution in [1.82, 2.24) is 19.5 Å². The minimum absolute atomic E-state index is 0.200. The number of pyridine rings is 1. The molecule has 0 saturated carbocycles. The number of fused-ring (bicyclic) bond motifs is 1. The summed E-state index contributed by atoms with van der Waals surface area (Å²) in [7, 11) is 0. The Morgan fingerprint density at radius 1 is 1.14 bits per heavy atom. The van der Waals surface area contributed by atoms with Crippen LogP contribution in [-0.4, -0.2) is 38.5 Å². The molecule has 0 unspecified atom stereocenters. The Kier molecular flexibility index (Phi) is 4.70. The lowest BCUT2D eigenvalue weighted by Gasteiger charge is -2.31. The minimum atomic E-state index is 0.200. The Bertz CT molecular complexity index is 1090. The summed E-state index contributed by atoms with van der Waals surface area (Å²) in [5.74, 6) is 1.25. The third kappa shape index (κ3) is 3.47. The van der Waals surface area contributed by atoms with Gasteiger partial charge >= 0.3 is 0 Å². The van der Waals surface area contributed by atoms with Gasteiger partial charge in [0.25, 0.3) is 0 Å². The van der Waals surface area contributed by atoms with E-state index in [9.17, 15) is 4.79 Å². The van der Waals surface area contributed by atoms with E-state index < -0.39 is 0 Å². The van der Waals surface area contributed by atoms with Crippen LogP contribution in [0, 0.1) is 0 Å². The molecule has 0 N–H and O–H groups in total. The van der Waals surface area contributed by atoms with Gasteiger partial charge in [-0.1, -0.05) is 12.1 Å². The first-order valence-electron chi connectivity index (χ1n) is 9.46. The predicted molar refractivity (Wildman–Crippen MR) is 113 cm³/mol. The first kappa shape index (κ1) is 17.6. The van der Waals surface area contributed by atoms with Crippen molar-refractivity contribution in [1.29, 1.82) is 0 Å². The molecule has 5 heterocycles. The summed E-state index contributed by atoms with van der Waals surface area (Å²) < 4.78 is 1.87. The van der Waals surface area contributed by atoms with E-state index in [2.05, 4.69) is 23.6 Å². The summed E-state index contributed by atoms with van der Waals surface area (Å²) in [6, 6.07) is 12.3. The van der Waals surface area contributed by atoms with Gasteiger partial charge in [-0.25, -0.2) is 9.50 Å². The van der Waals surface area contributed by atoms with Crippen molar-refractivity contribution in [2.45, 2.75) is 25.2 Å². The second-order valence-electron chi connectivity index (χ2n) is 7.10. The maximum absolute atomic E-state index is 12.7. The van der Waals surface area contributed by atoms with Crippen molar-refractivity contribution in [3.8, 4) is 10.4 Å². The van der Waals surface area contributed by atoms with E-state index >= 15 is 0 Å². The number of nitrogens with zero attached hydrogens (tertiary/aromatic N) is 4. The standard InChI is InChI=1S/C21H20N4OS2/c26-20(12-17-5-2-10-27-17)24-9-1-4-16(13-24)21-22-19-8-7-15(14-25(19)23-21)18-6-3-11-28-18/h2-3,5-8,10-11,14,16H,1,4,9,12-13H2/t16-/m1/s1. The largest absolute Gasteiger partial charge is 0.342 e. The van der Waals surface area contributed by atoms with Gasteiger partial charge in [0.05, 0.1) is 6.42 Å². The van der Waals surface area contributed by atoms with Gasteiger partial charge < -0.3 is 4.90 Å². The Morgan fingerprint density at radius 2 is 2.04 bits per heavy atom. The Morgan fingerprint density at radius 3 is 2.86 bits per heavy atom. The van der Waals surface area contributed by atoms with Gasteiger partial charge in [-0.15, -0.1) is 22.7 Å². The zero-order chi connectivity index (χ0) is 18.9. The SMILES string of the molecule is O=C(Cc1cccs1)N1CCC[C@@H](c2nc3ccc(-c4cccs4)cn3n2)C1. The van der Waals surface area contributed by atoms with Crippen LogP contribution in [0.25, 0.3) is 16.1 Å². The average Bonchev–Trinajstić information content (AvgIpc) is 3.48. The molecule has 4 aromatic heterocycles. The molecule has 1 saturated heterocycles. The molecule has 4 aromatic rings. The molecule has 1 aliphatic heterocycles. The van der Waals surface area contributed by atoms with Gasteiger partial charge in [0.2, 0.25) is 5.91 Å². The molecule has 5 nitrogen and oxygen atoms in total. The molecule has 7 heteroatoms. The van der Waals surface area contributed by atoms with Gasteiger partial charge in [0.15, 0.2) is 11.5 Å². The van der Waals surface area contributed by atoms with Crippen LogP contribution in [0.3, 0.4) is 0 Å². The number of aromatic nitrogens is 3. The highest BCUT2D eigenvalue weighted by Crippen LogP contribution is 2.28. The molecule has 0 bridgehead atoms. The van der Waals surface area contributed by atoms with Gasteiger partial charge in [0.1, 0.15) is 0 Å². The fourth-order valence-electron chi connectivity index (χ4n) is 3.75. The lowest BCUT2D eigenvalue weighted by molar-refractivity contribution is -0.131. The summed E-state index contributed by atoms with van der Waals surface area (Å²) in [6.07, 6.45) is 4.56. The molecule has 0 aliphatic carbocycles. The number of carbonyl (C=O) groups is 1. The maximum atomic E-state index is 12.7. The van der Waals surface area contributed by atoms with E-state index in [1.54, 1.807) is 22.7 Å². The number of rotatable bonds is 4. The molecular formula is C21H20N4OS2. The van der Waals surface area contributed by atoms with Crippen LogP contribution in [0.4, 0.5) is 0 Å². The van der Waals surface area contributed by atoms with E-state index in [1.165, 1.54) is 4.88 Å². The minimum Gasteiger partial charge on any atom is -0.342 e. The van der Waals surface area contributed by atoms with Crippen LogP contribution < -0.4 is 0 Å². The number of hydrogen-bond acceptors (Lipinski definition) is 5. The third-order valence-corrected chi connectivity index (χ3v) is 6.99. The van der Waals surface area contributed by atoms with E-state index in [0.29, 0.717) is 13.0 Å². The summed E-state index contributed by atoms with van der Waals surface area (Å²) in [4.78, 5) is 21.8. The quantitative estimate of drug-likeness (QED) is 0.501. The molecule has 28 heavy (non-hydrogen) atoms. The lowest BCUT2D eigenvalue weighted by atomic mass is 9.97. The van der Waals surface area contributed by atoms with Gasteiger partial charge in [-0.3, -0.25) is 4.79 Å². The number of carbonyl (C=O) groups excluding carboxylic acids is 1. The molecule has 1 aliphatic rings. The maximum Gasteiger partial charge on any atom is 0.227 e. The molecule has 1 fully saturated rings. The predicted octanol–water partition coefficient (Wildman–Crippen LogP) is 4.47. The van der Waals surface area contributed by atoms with Crippen molar-refractivity contribution < 1.29 is 4.79 Å². The molecule has 1 amide bonds. The molecule has 0 aromatic carbocycles. The van der Waals surface area contributed by atoms with E-state index in [1.807, 2.05) is 39.2 Å². The number of piperidine rings is 1. The van der Waals surface area contributed by atoms with Crippen molar-refractivity contribution in [3.05, 3.63) is 64.1 Å². The zero-order valence-electron chi connectivity index (χ0n) is 15.3. The number of thiophene rings is 2. The van der Waals surface area contributed by atoms with Crippen LogP contribution in [-0.2, 0) is 11.2 Å². The summed E-state index contributed by atoms with van der Waals surface area (Å²) >= 11 is 3.36. The van der Waals surface area contributed by atoms with Crippen molar-refractivity contribution in [3.63, 3.8) is 0 Å². The van der Waals surface area contributed by atoms with Gasteiger partial charge in [-0.05, 0) is 47.9 Å². The Labute approximate surface area is 171 Å². The van der Waals surface area contributed by atoms with Gasteiger partial charge in [-0.2, -0.15) is 5.10 Å². The summed E-state index contributed by atoms with van der Waals surface area (Å²) in [6.45, 7) is 1.54. The first-order valence-corrected chi connectivity index (χ1v) is 11.2. The van der Waals surface area contributed by atoms with Gasteiger partial charge in [0, 0.05) is 40.5 Å². The van der Waals surface area contributed by atoms with E-state index in [-0.39, 0.29) is 11.8 Å². The normalized spacial score (nSPS) is 17.3. The third-order valence-electron chi connectivity index (χ3n) is 5.20. The lowest BCUT2D eigenvalue weighted by Crippen LogP contribution is -2.40. The molecule has 0 radical (unpaired) electrons. The summed E-state index contributed by atoms with van der Waals surface area (Å²) in [5.41, 5.74) is 2.01. The van der Waals surface area contributed by atoms with E-state index in [4.69, 9.17) is 10.1 Å². The zero-order valence-corrected chi connectivity index (χ0v) is 17.0. The monoisotopic (exact) mass is 408 g/mol. The smallest absolute Gasteiger partial charge is 0.227 e. The van der Waals surface area contributed by atoms with Crippen molar-refractivity contribution >= 4 is 34.2 Å². The average molecular weight is 409 g/mol. The van der Waals surface area contributed by atoms with Crippen LogP contribution in [0.2, 0.25) is 0 Å². The number of amides is 1. The van der Waals surface area contributed by atoms with Crippen molar-refractivity contribution in [2.75, 3.05) is 13.1 Å². The van der Waals surface area contributed by atoms with Crippen LogP contribution >= 0.6 is 22.7 Å². The topological polar surface area (TPSA) is 50.5 Å².